The zero-order valence-corrected chi connectivity index (χ0v) is 19.9. The van der Waals surface area contributed by atoms with Gasteiger partial charge < -0.3 is 4.57 Å². The minimum absolute atomic E-state index is 0.000516. The number of thioether (sulfide) groups is 1. The molecule has 0 N–H and O–H groups in total. The topological polar surface area (TPSA) is 60.1 Å². The van der Waals surface area contributed by atoms with Gasteiger partial charge in [0.05, 0.1) is 10.9 Å². The molecule has 162 valence electrons. The number of nitrogens with zero attached hydrogens (tertiary/aromatic N) is 4. The summed E-state index contributed by atoms with van der Waals surface area (Å²) < 4.78 is 3.58. The molecule has 0 bridgehead atoms. The summed E-state index contributed by atoms with van der Waals surface area (Å²) in [6, 6.07) is 8.31. The summed E-state index contributed by atoms with van der Waals surface area (Å²) in [4.78, 5) is 32.4. The van der Waals surface area contributed by atoms with Gasteiger partial charge in [0.1, 0.15) is 0 Å². The molecule has 0 radical (unpaired) electrons. The number of aromatic nitrogens is 3. The fraction of sp³-hybridized carbons (Fsp3) is 0.500. The number of para-hydroxylation sites is 1. The van der Waals surface area contributed by atoms with Crippen LogP contribution in [-0.2, 0) is 13.1 Å². The zero-order chi connectivity index (χ0) is 21.8. The second-order valence-electron chi connectivity index (χ2n) is 7.94. The largest absolute Gasteiger partial charge is 0.307 e. The van der Waals surface area contributed by atoms with E-state index in [0.717, 1.165) is 17.8 Å². The number of fused-ring (bicyclic) bond motifs is 1. The van der Waals surface area contributed by atoms with Crippen LogP contribution in [0.4, 0.5) is 0 Å². The molecule has 3 rings (SSSR count). The van der Waals surface area contributed by atoms with Gasteiger partial charge in [-0.05, 0) is 46.8 Å². The Morgan fingerprint density at radius 1 is 1.07 bits per heavy atom. The van der Waals surface area contributed by atoms with E-state index in [4.69, 9.17) is 4.98 Å². The molecular formula is C22H30N4O2S2. The Morgan fingerprint density at radius 3 is 2.40 bits per heavy atom. The van der Waals surface area contributed by atoms with Gasteiger partial charge in [0.25, 0.3) is 5.56 Å². The van der Waals surface area contributed by atoms with Crippen molar-refractivity contribution in [2.75, 3.05) is 12.3 Å². The normalized spacial score (nSPS) is 12.0. The molecule has 30 heavy (non-hydrogen) atoms. The van der Waals surface area contributed by atoms with Gasteiger partial charge in [-0.3, -0.25) is 19.1 Å². The Morgan fingerprint density at radius 2 is 1.77 bits per heavy atom. The summed E-state index contributed by atoms with van der Waals surface area (Å²) in [6.07, 6.45) is 0. The number of rotatable bonds is 9. The van der Waals surface area contributed by atoms with Crippen LogP contribution < -0.4 is 10.4 Å². The van der Waals surface area contributed by atoms with E-state index in [1.807, 2.05) is 36.6 Å². The first kappa shape index (κ1) is 22.8. The van der Waals surface area contributed by atoms with E-state index < -0.39 is 0 Å². The van der Waals surface area contributed by atoms with Gasteiger partial charge in [0, 0.05) is 48.5 Å². The summed E-state index contributed by atoms with van der Waals surface area (Å²) in [5.41, 5.74) is 1.69. The third kappa shape index (κ3) is 5.04. The van der Waals surface area contributed by atoms with Gasteiger partial charge in [0.2, 0.25) is 0 Å². The fourth-order valence-corrected chi connectivity index (χ4v) is 5.40. The summed E-state index contributed by atoms with van der Waals surface area (Å²) in [5.74, 6) is 0.681. The average molecular weight is 447 g/mol. The van der Waals surface area contributed by atoms with Crippen molar-refractivity contribution in [2.24, 2.45) is 0 Å². The molecule has 0 aliphatic carbocycles. The summed E-state index contributed by atoms with van der Waals surface area (Å²) >= 11 is 2.76. The summed E-state index contributed by atoms with van der Waals surface area (Å²) in [6.45, 7) is 12.6. The third-order valence-electron chi connectivity index (χ3n) is 5.26. The van der Waals surface area contributed by atoms with Crippen LogP contribution in [0.2, 0.25) is 0 Å². The molecule has 0 amide bonds. The maximum absolute atomic E-state index is 13.2. The first-order chi connectivity index (χ1) is 14.3. The van der Waals surface area contributed by atoms with Crippen molar-refractivity contribution in [1.82, 2.24) is 19.0 Å². The molecule has 8 heteroatoms. The molecule has 0 fully saturated rings. The highest BCUT2D eigenvalue weighted by molar-refractivity contribution is 7.99. The third-order valence-corrected chi connectivity index (χ3v) is 7.10. The molecule has 3 aromatic rings. The Balaban J connectivity index is 1.88. The summed E-state index contributed by atoms with van der Waals surface area (Å²) in [7, 11) is 0. The van der Waals surface area contributed by atoms with Crippen molar-refractivity contribution in [3.8, 4) is 0 Å². The molecule has 0 spiro atoms. The standard InChI is InChI=1S/C22H30N4O2S2/c1-15(2)24(16(3)4)10-11-26-20(27)18-8-6-7-9-19(18)23-21(26)29-13-12-25-17(5)14-30-22(25)28/h6-9,14-16H,10-13H2,1-5H3. The molecule has 0 aliphatic rings. The second-order valence-corrected chi connectivity index (χ2v) is 9.82. The Hall–Kier alpha value is -1.90. The average Bonchev–Trinajstić information content (AvgIpc) is 3.01. The number of thiazole rings is 1. The highest BCUT2D eigenvalue weighted by Crippen LogP contribution is 2.19. The Kier molecular flexibility index (Phi) is 7.55. The monoisotopic (exact) mass is 446 g/mol. The van der Waals surface area contributed by atoms with Crippen LogP contribution in [0.25, 0.3) is 10.9 Å². The van der Waals surface area contributed by atoms with Crippen LogP contribution in [0.15, 0.2) is 44.4 Å². The molecular weight excluding hydrogens is 416 g/mol. The number of benzene rings is 1. The maximum Gasteiger partial charge on any atom is 0.307 e. The van der Waals surface area contributed by atoms with Crippen molar-refractivity contribution in [3.63, 3.8) is 0 Å². The second kappa shape index (κ2) is 9.94. The van der Waals surface area contributed by atoms with Crippen LogP contribution in [0, 0.1) is 6.92 Å². The lowest BCUT2D eigenvalue weighted by atomic mass is 10.2. The zero-order valence-electron chi connectivity index (χ0n) is 18.3. The number of hydrogen-bond donors (Lipinski definition) is 0. The maximum atomic E-state index is 13.2. The quantitative estimate of drug-likeness (QED) is 0.369. The summed E-state index contributed by atoms with van der Waals surface area (Å²) in [5, 5.41) is 3.24. The molecule has 0 aliphatic heterocycles. The molecule has 2 heterocycles. The van der Waals surface area contributed by atoms with Gasteiger partial charge >= 0.3 is 4.87 Å². The first-order valence-electron chi connectivity index (χ1n) is 10.3. The minimum Gasteiger partial charge on any atom is -0.303 e. The van der Waals surface area contributed by atoms with Crippen molar-refractivity contribution in [1.29, 1.82) is 0 Å². The lowest BCUT2D eigenvalue weighted by molar-refractivity contribution is 0.166. The van der Waals surface area contributed by atoms with Crippen LogP contribution in [-0.4, -0.2) is 43.4 Å². The molecule has 6 nitrogen and oxygen atoms in total. The van der Waals surface area contributed by atoms with Gasteiger partial charge in [-0.2, -0.15) is 0 Å². The van der Waals surface area contributed by atoms with Crippen molar-refractivity contribution in [3.05, 3.63) is 55.4 Å². The van der Waals surface area contributed by atoms with E-state index in [1.165, 1.54) is 23.1 Å². The van der Waals surface area contributed by atoms with Crippen LogP contribution in [0.3, 0.4) is 0 Å². The molecule has 1 aromatic carbocycles. The molecule has 0 atom stereocenters. The van der Waals surface area contributed by atoms with Crippen molar-refractivity contribution >= 4 is 34.0 Å². The van der Waals surface area contributed by atoms with Gasteiger partial charge in [-0.25, -0.2) is 4.98 Å². The smallest absolute Gasteiger partial charge is 0.303 e. The van der Waals surface area contributed by atoms with E-state index in [1.54, 1.807) is 9.13 Å². The van der Waals surface area contributed by atoms with Gasteiger partial charge in [-0.1, -0.05) is 35.2 Å². The van der Waals surface area contributed by atoms with E-state index in [-0.39, 0.29) is 10.4 Å². The molecule has 0 saturated heterocycles. The van der Waals surface area contributed by atoms with Gasteiger partial charge in [-0.15, -0.1) is 0 Å². The highest BCUT2D eigenvalue weighted by atomic mass is 32.2. The van der Waals surface area contributed by atoms with Crippen LogP contribution >= 0.6 is 23.1 Å². The lowest BCUT2D eigenvalue weighted by Crippen LogP contribution is -2.40. The molecule has 2 aromatic heterocycles. The Bertz CT molecular complexity index is 1110. The fourth-order valence-electron chi connectivity index (χ4n) is 3.69. The number of aryl methyl sites for hydroxylation is 1. The SMILES string of the molecule is Cc1csc(=O)n1CCSc1nc2ccccc2c(=O)n1CCN(C(C)C)C(C)C. The predicted octanol–water partition coefficient (Wildman–Crippen LogP) is 3.84. The van der Waals surface area contributed by atoms with E-state index in [0.29, 0.717) is 41.5 Å². The van der Waals surface area contributed by atoms with E-state index >= 15 is 0 Å². The lowest BCUT2D eigenvalue weighted by Gasteiger charge is -2.30. The minimum atomic E-state index is -0.000516. The van der Waals surface area contributed by atoms with Crippen LogP contribution in [0.1, 0.15) is 33.4 Å². The Labute approximate surface area is 185 Å². The molecule has 0 saturated carbocycles. The van der Waals surface area contributed by atoms with Gasteiger partial charge in [0.15, 0.2) is 5.16 Å². The number of hydrogen-bond acceptors (Lipinski definition) is 6. The first-order valence-corrected chi connectivity index (χ1v) is 12.2. The van der Waals surface area contributed by atoms with Crippen molar-refractivity contribution in [2.45, 2.75) is 64.9 Å². The predicted molar refractivity (Wildman–Crippen MR) is 127 cm³/mol. The van der Waals surface area contributed by atoms with Crippen LogP contribution in [0.5, 0.6) is 0 Å². The van der Waals surface area contributed by atoms with E-state index in [2.05, 4.69) is 32.6 Å². The highest BCUT2D eigenvalue weighted by Gasteiger charge is 2.16. The van der Waals surface area contributed by atoms with Crippen molar-refractivity contribution < 1.29 is 0 Å². The molecule has 0 unspecified atom stereocenters. The van der Waals surface area contributed by atoms with E-state index in [9.17, 15) is 9.59 Å².